The van der Waals surface area contributed by atoms with Crippen molar-refractivity contribution in [3.63, 3.8) is 0 Å². The Morgan fingerprint density at radius 3 is 2.31 bits per heavy atom. The van der Waals surface area contributed by atoms with Gasteiger partial charge in [-0.05, 0) is 48.5 Å². The summed E-state index contributed by atoms with van der Waals surface area (Å²) in [6.45, 7) is 0. The van der Waals surface area contributed by atoms with Gasteiger partial charge in [0.2, 0.25) is 5.95 Å². The number of rotatable bonds is 5. The van der Waals surface area contributed by atoms with Crippen LogP contribution in [-0.4, -0.2) is 23.4 Å². The SMILES string of the molecule is O=S(=O)(Nc1nc2ccccc2[nH]1)c1ccc(Nc2nc3ccccc3o2)cc1. The summed E-state index contributed by atoms with van der Waals surface area (Å²) < 4.78 is 33.4. The normalized spacial score (nSPS) is 11.7. The number of aromatic amines is 1. The second kappa shape index (κ2) is 6.64. The zero-order valence-electron chi connectivity index (χ0n) is 15.0. The van der Waals surface area contributed by atoms with Crippen molar-refractivity contribution in [2.75, 3.05) is 10.0 Å². The van der Waals surface area contributed by atoms with Crippen molar-refractivity contribution in [2.45, 2.75) is 4.90 Å². The molecule has 2 heterocycles. The molecule has 0 fully saturated rings. The molecule has 5 aromatic rings. The molecule has 0 aliphatic rings. The molecule has 9 heteroatoms. The first-order valence-electron chi connectivity index (χ1n) is 8.77. The van der Waals surface area contributed by atoms with Gasteiger partial charge in [0, 0.05) is 5.69 Å². The molecule has 0 aliphatic carbocycles. The Morgan fingerprint density at radius 1 is 0.828 bits per heavy atom. The van der Waals surface area contributed by atoms with Gasteiger partial charge in [0.05, 0.1) is 15.9 Å². The van der Waals surface area contributed by atoms with Gasteiger partial charge in [-0.25, -0.2) is 18.1 Å². The highest BCUT2D eigenvalue weighted by Gasteiger charge is 2.16. The number of aromatic nitrogens is 3. The maximum absolute atomic E-state index is 12.6. The number of sulfonamides is 1. The number of hydrogen-bond donors (Lipinski definition) is 3. The van der Waals surface area contributed by atoms with E-state index < -0.39 is 10.0 Å². The second-order valence-corrected chi connectivity index (χ2v) is 8.03. The van der Waals surface area contributed by atoms with Gasteiger partial charge < -0.3 is 14.7 Å². The molecule has 3 N–H and O–H groups in total. The van der Waals surface area contributed by atoms with E-state index in [1.165, 1.54) is 12.1 Å². The van der Waals surface area contributed by atoms with Crippen LogP contribution in [-0.2, 0) is 10.0 Å². The zero-order valence-corrected chi connectivity index (χ0v) is 15.8. The number of fused-ring (bicyclic) bond motifs is 2. The predicted molar refractivity (Wildman–Crippen MR) is 111 cm³/mol. The molecule has 29 heavy (non-hydrogen) atoms. The molecule has 0 spiro atoms. The van der Waals surface area contributed by atoms with E-state index in [4.69, 9.17) is 4.42 Å². The van der Waals surface area contributed by atoms with Crippen molar-refractivity contribution in [1.82, 2.24) is 15.0 Å². The van der Waals surface area contributed by atoms with Crippen LogP contribution in [0, 0.1) is 0 Å². The third-order valence-corrected chi connectivity index (χ3v) is 5.69. The molecular formula is C20H15N5O3S. The molecule has 0 saturated heterocycles. The molecule has 5 rings (SSSR count). The Morgan fingerprint density at radius 2 is 1.55 bits per heavy atom. The molecule has 2 aromatic heterocycles. The van der Waals surface area contributed by atoms with Crippen molar-refractivity contribution in [1.29, 1.82) is 0 Å². The van der Waals surface area contributed by atoms with Crippen molar-refractivity contribution in [2.24, 2.45) is 0 Å². The van der Waals surface area contributed by atoms with Crippen molar-refractivity contribution in [3.8, 4) is 0 Å². The van der Waals surface area contributed by atoms with E-state index in [-0.39, 0.29) is 10.8 Å². The molecule has 0 atom stereocenters. The van der Waals surface area contributed by atoms with Crippen LogP contribution < -0.4 is 10.0 Å². The highest BCUT2D eigenvalue weighted by molar-refractivity contribution is 7.92. The summed E-state index contributed by atoms with van der Waals surface area (Å²) in [5.74, 6) is 0.167. The number of anilines is 3. The van der Waals surface area contributed by atoms with Gasteiger partial charge in [-0.2, -0.15) is 4.98 Å². The maximum atomic E-state index is 12.6. The molecule has 0 unspecified atom stereocenters. The van der Waals surface area contributed by atoms with Crippen LogP contribution in [0.2, 0.25) is 0 Å². The van der Waals surface area contributed by atoms with Crippen LogP contribution in [0.3, 0.4) is 0 Å². The molecule has 0 amide bonds. The van der Waals surface area contributed by atoms with E-state index in [9.17, 15) is 8.42 Å². The topological polar surface area (TPSA) is 113 Å². The lowest BCUT2D eigenvalue weighted by molar-refractivity contribution is 0.601. The summed E-state index contributed by atoms with van der Waals surface area (Å²) in [6, 6.07) is 21.3. The summed E-state index contributed by atoms with van der Waals surface area (Å²) >= 11 is 0. The Balaban J connectivity index is 1.35. The highest BCUT2D eigenvalue weighted by Crippen LogP contribution is 2.23. The number of imidazole rings is 1. The Labute approximate surface area is 165 Å². The first-order valence-corrected chi connectivity index (χ1v) is 10.3. The number of hydrogen-bond acceptors (Lipinski definition) is 6. The fourth-order valence-electron chi connectivity index (χ4n) is 2.95. The van der Waals surface area contributed by atoms with Gasteiger partial charge >= 0.3 is 0 Å². The number of nitrogens with one attached hydrogen (secondary N) is 3. The average Bonchev–Trinajstić information content (AvgIpc) is 3.30. The number of nitrogens with zero attached hydrogens (tertiary/aromatic N) is 2. The van der Waals surface area contributed by atoms with Crippen LogP contribution >= 0.6 is 0 Å². The van der Waals surface area contributed by atoms with Crippen LogP contribution in [0.4, 0.5) is 17.7 Å². The zero-order chi connectivity index (χ0) is 19.8. The van der Waals surface area contributed by atoms with Gasteiger partial charge in [-0.1, -0.05) is 24.3 Å². The summed E-state index contributed by atoms with van der Waals surface area (Å²) in [5, 5.41) is 3.03. The van der Waals surface area contributed by atoms with Crippen LogP contribution in [0.1, 0.15) is 0 Å². The highest BCUT2D eigenvalue weighted by atomic mass is 32.2. The van der Waals surface area contributed by atoms with Crippen LogP contribution in [0.5, 0.6) is 0 Å². The minimum atomic E-state index is -3.78. The summed E-state index contributed by atoms with van der Waals surface area (Å²) in [6.07, 6.45) is 0. The lowest BCUT2D eigenvalue weighted by Gasteiger charge is -2.06. The maximum Gasteiger partial charge on any atom is 0.300 e. The quantitative estimate of drug-likeness (QED) is 0.403. The Hall–Kier alpha value is -3.85. The standard InChI is InChI=1S/C20H15N5O3S/c26-29(27,25-19-22-15-5-1-2-6-16(15)23-19)14-11-9-13(10-12-14)21-20-24-17-7-3-4-8-18(17)28-20/h1-12H,(H,21,24)(H2,22,23,25). The van der Waals surface area contributed by atoms with Crippen molar-refractivity contribution >= 4 is 49.8 Å². The fraction of sp³-hybridized carbons (Fsp3) is 0. The molecule has 0 aliphatic heterocycles. The number of benzene rings is 3. The Bertz CT molecular complexity index is 1360. The van der Waals surface area contributed by atoms with E-state index >= 15 is 0 Å². The smallest absolute Gasteiger partial charge is 0.300 e. The first kappa shape index (κ1) is 17.3. The summed E-state index contributed by atoms with van der Waals surface area (Å²) in [5.41, 5.74) is 3.50. The number of para-hydroxylation sites is 4. The van der Waals surface area contributed by atoms with Gasteiger partial charge in [0.1, 0.15) is 5.52 Å². The van der Waals surface area contributed by atoms with Gasteiger partial charge in [-0.3, -0.25) is 0 Å². The Kier molecular flexibility index (Phi) is 3.95. The van der Waals surface area contributed by atoms with Gasteiger partial charge in [0.15, 0.2) is 5.58 Å². The molecular weight excluding hydrogens is 390 g/mol. The van der Waals surface area contributed by atoms with E-state index in [1.54, 1.807) is 18.2 Å². The summed E-state index contributed by atoms with van der Waals surface area (Å²) in [7, 11) is -3.78. The largest absolute Gasteiger partial charge is 0.423 e. The van der Waals surface area contributed by atoms with Gasteiger partial charge in [0.25, 0.3) is 16.0 Å². The van der Waals surface area contributed by atoms with E-state index in [1.807, 2.05) is 42.5 Å². The lowest BCUT2D eigenvalue weighted by atomic mass is 10.3. The van der Waals surface area contributed by atoms with E-state index in [0.717, 1.165) is 11.0 Å². The average molecular weight is 405 g/mol. The number of H-pyrrole nitrogens is 1. The molecule has 0 radical (unpaired) electrons. The van der Waals surface area contributed by atoms with E-state index in [2.05, 4.69) is 25.0 Å². The first-order chi connectivity index (χ1) is 14.1. The van der Waals surface area contributed by atoms with Crippen molar-refractivity contribution in [3.05, 3.63) is 72.8 Å². The van der Waals surface area contributed by atoms with E-state index in [0.29, 0.717) is 22.8 Å². The summed E-state index contributed by atoms with van der Waals surface area (Å²) in [4.78, 5) is 11.6. The van der Waals surface area contributed by atoms with Crippen LogP contribution in [0.25, 0.3) is 22.1 Å². The molecule has 144 valence electrons. The molecule has 8 nitrogen and oxygen atoms in total. The second-order valence-electron chi connectivity index (χ2n) is 6.34. The minimum absolute atomic E-state index is 0.112. The van der Waals surface area contributed by atoms with Crippen molar-refractivity contribution < 1.29 is 12.8 Å². The van der Waals surface area contributed by atoms with Gasteiger partial charge in [-0.15, -0.1) is 0 Å². The fourth-order valence-corrected chi connectivity index (χ4v) is 3.92. The molecule has 0 bridgehead atoms. The van der Waals surface area contributed by atoms with Crippen LogP contribution in [0.15, 0.2) is 82.1 Å². The monoisotopic (exact) mass is 405 g/mol. The lowest BCUT2D eigenvalue weighted by Crippen LogP contribution is -2.13. The molecule has 3 aromatic carbocycles. The number of oxazole rings is 1. The minimum Gasteiger partial charge on any atom is -0.423 e. The molecule has 0 saturated carbocycles. The predicted octanol–water partition coefficient (Wildman–Crippen LogP) is 4.25. The third kappa shape index (κ3) is 3.39. The third-order valence-electron chi connectivity index (χ3n) is 4.33.